The second kappa shape index (κ2) is 5.72. The maximum absolute atomic E-state index is 11.0. The van der Waals surface area contributed by atoms with E-state index in [0.29, 0.717) is 36.8 Å². The Balaban J connectivity index is 1.85. The molecule has 1 fully saturated rings. The third kappa shape index (κ3) is 2.77. The molecule has 22 heavy (non-hydrogen) atoms. The topological polar surface area (TPSA) is 103 Å². The zero-order valence-corrected chi connectivity index (χ0v) is 12.2. The Morgan fingerprint density at radius 2 is 2.05 bits per heavy atom. The third-order valence-electron chi connectivity index (χ3n) is 3.52. The Hall–Kier alpha value is -2.48. The van der Waals surface area contributed by atoms with Crippen LogP contribution < -0.4 is 10.7 Å². The van der Waals surface area contributed by atoms with Crippen molar-refractivity contribution >= 4 is 23.4 Å². The zero-order chi connectivity index (χ0) is 15.7. The Morgan fingerprint density at radius 1 is 1.32 bits per heavy atom. The smallest absolute Gasteiger partial charge is 0.434 e. The molecule has 0 bridgehead atoms. The highest BCUT2D eigenvalue weighted by Gasteiger charge is 2.22. The summed E-state index contributed by atoms with van der Waals surface area (Å²) in [6.45, 7) is 1.90. The van der Waals surface area contributed by atoms with Crippen molar-refractivity contribution in [3.05, 3.63) is 33.8 Å². The van der Waals surface area contributed by atoms with Gasteiger partial charge in [-0.25, -0.2) is 14.7 Å². The van der Waals surface area contributed by atoms with Crippen molar-refractivity contribution in [1.82, 2.24) is 15.1 Å². The molecule has 2 heterocycles. The van der Waals surface area contributed by atoms with Crippen LogP contribution in [0.25, 0.3) is 11.5 Å². The second-order valence-electron chi connectivity index (χ2n) is 4.84. The van der Waals surface area contributed by atoms with E-state index in [-0.39, 0.29) is 5.89 Å². The number of aromatic amines is 1. The number of carboxylic acid groups (broad SMARTS) is 1. The predicted molar refractivity (Wildman–Crippen MR) is 79.4 cm³/mol. The molecule has 0 atom stereocenters. The summed E-state index contributed by atoms with van der Waals surface area (Å²) in [5, 5.41) is 15.5. The Kier molecular flexibility index (Phi) is 3.76. The zero-order valence-electron chi connectivity index (χ0n) is 11.5. The first kappa shape index (κ1) is 14.5. The van der Waals surface area contributed by atoms with Crippen LogP contribution >= 0.6 is 11.6 Å². The highest BCUT2D eigenvalue weighted by atomic mass is 35.5. The van der Waals surface area contributed by atoms with E-state index in [1.54, 1.807) is 18.2 Å². The van der Waals surface area contributed by atoms with Crippen molar-refractivity contribution in [2.75, 3.05) is 31.1 Å². The monoisotopic (exact) mass is 324 g/mol. The summed E-state index contributed by atoms with van der Waals surface area (Å²) in [5.41, 5.74) is 1.38. The number of carbonyl (C=O) groups is 1. The number of rotatable bonds is 2. The summed E-state index contributed by atoms with van der Waals surface area (Å²) in [4.78, 5) is 25.3. The van der Waals surface area contributed by atoms with E-state index in [1.165, 1.54) is 4.90 Å². The summed E-state index contributed by atoms with van der Waals surface area (Å²) < 4.78 is 4.93. The van der Waals surface area contributed by atoms with Crippen molar-refractivity contribution in [3.63, 3.8) is 0 Å². The lowest BCUT2D eigenvalue weighted by molar-refractivity contribution is 0.142. The van der Waals surface area contributed by atoms with E-state index in [0.717, 1.165) is 5.69 Å². The van der Waals surface area contributed by atoms with Gasteiger partial charge in [0.15, 0.2) is 0 Å². The lowest BCUT2D eigenvalue weighted by Crippen LogP contribution is -2.48. The van der Waals surface area contributed by atoms with Gasteiger partial charge in [-0.05, 0) is 18.2 Å². The first-order chi connectivity index (χ1) is 10.5. The van der Waals surface area contributed by atoms with Gasteiger partial charge in [0.1, 0.15) is 0 Å². The Bertz CT molecular complexity index is 748. The molecule has 0 unspecified atom stereocenters. The summed E-state index contributed by atoms with van der Waals surface area (Å²) in [6, 6.07) is 5.18. The van der Waals surface area contributed by atoms with Crippen LogP contribution in [0.1, 0.15) is 0 Å². The van der Waals surface area contributed by atoms with Gasteiger partial charge in [0, 0.05) is 31.7 Å². The number of amides is 1. The van der Waals surface area contributed by atoms with Gasteiger partial charge in [-0.3, -0.25) is 0 Å². The molecular weight excluding hydrogens is 312 g/mol. The quantitative estimate of drug-likeness (QED) is 0.867. The average Bonchev–Trinajstić information content (AvgIpc) is 2.94. The molecule has 0 spiro atoms. The number of piperazine rings is 1. The van der Waals surface area contributed by atoms with Gasteiger partial charge in [-0.15, -0.1) is 5.10 Å². The van der Waals surface area contributed by atoms with Crippen LogP contribution in [0.3, 0.4) is 0 Å². The van der Waals surface area contributed by atoms with E-state index in [9.17, 15) is 9.59 Å². The van der Waals surface area contributed by atoms with E-state index < -0.39 is 11.8 Å². The number of hydrogen-bond donors (Lipinski definition) is 2. The van der Waals surface area contributed by atoms with Crippen molar-refractivity contribution in [3.8, 4) is 11.5 Å². The Labute approximate surface area is 129 Å². The molecule has 2 N–H and O–H groups in total. The fourth-order valence-corrected chi connectivity index (χ4v) is 2.62. The molecule has 1 saturated heterocycles. The predicted octanol–water partition coefficient (Wildman–Crippen LogP) is 1.48. The number of hydrogen-bond acceptors (Lipinski definition) is 5. The number of nitrogens with zero attached hydrogens (tertiary/aromatic N) is 3. The lowest BCUT2D eigenvalue weighted by atomic mass is 10.1. The van der Waals surface area contributed by atoms with Crippen molar-refractivity contribution in [2.45, 2.75) is 0 Å². The molecule has 3 rings (SSSR count). The van der Waals surface area contributed by atoms with Gasteiger partial charge in [0.25, 0.3) is 0 Å². The van der Waals surface area contributed by atoms with Gasteiger partial charge in [-0.1, -0.05) is 11.6 Å². The molecule has 0 radical (unpaired) electrons. The number of benzene rings is 1. The molecular formula is C13H13ClN4O4. The normalized spacial score (nSPS) is 15.1. The van der Waals surface area contributed by atoms with Gasteiger partial charge in [0.05, 0.1) is 10.7 Å². The standard InChI is InChI=1S/C13H13ClN4O4/c14-9-2-1-8(11-15-16-12(19)22-11)7-10(9)17-3-5-18(6-4-17)13(20)21/h1-2,7H,3-6H2,(H,16,19)(H,20,21). The minimum Gasteiger partial charge on any atom is -0.465 e. The molecule has 9 heteroatoms. The maximum atomic E-state index is 11.0. The molecule has 1 aromatic heterocycles. The van der Waals surface area contributed by atoms with Crippen LogP contribution in [0.5, 0.6) is 0 Å². The van der Waals surface area contributed by atoms with E-state index >= 15 is 0 Å². The number of nitrogens with one attached hydrogen (secondary N) is 1. The van der Waals surface area contributed by atoms with E-state index in [2.05, 4.69) is 10.2 Å². The van der Waals surface area contributed by atoms with Crippen LogP contribution in [-0.2, 0) is 0 Å². The molecule has 0 saturated carbocycles. The molecule has 1 aromatic carbocycles. The van der Waals surface area contributed by atoms with Crippen LogP contribution in [0.4, 0.5) is 10.5 Å². The third-order valence-corrected chi connectivity index (χ3v) is 3.84. The first-order valence-corrected chi connectivity index (χ1v) is 7.00. The van der Waals surface area contributed by atoms with Gasteiger partial charge >= 0.3 is 11.8 Å². The molecule has 1 aliphatic heterocycles. The SMILES string of the molecule is O=C(O)N1CCN(c2cc(-c3n[nH]c(=O)o3)ccc2Cl)CC1. The summed E-state index contributed by atoms with van der Waals surface area (Å²) in [6.07, 6.45) is -0.919. The maximum Gasteiger partial charge on any atom is 0.434 e. The number of aromatic nitrogens is 2. The molecule has 0 aliphatic carbocycles. The first-order valence-electron chi connectivity index (χ1n) is 6.63. The fourth-order valence-electron chi connectivity index (χ4n) is 2.38. The Morgan fingerprint density at radius 3 is 2.64 bits per heavy atom. The number of anilines is 1. The van der Waals surface area contributed by atoms with Crippen LogP contribution in [0.15, 0.2) is 27.4 Å². The molecule has 1 aliphatic rings. The fraction of sp³-hybridized carbons (Fsp3) is 0.308. The lowest BCUT2D eigenvalue weighted by Gasteiger charge is -2.35. The number of H-pyrrole nitrogens is 1. The van der Waals surface area contributed by atoms with Crippen LogP contribution in [0.2, 0.25) is 5.02 Å². The van der Waals surface area contributed by atoms with Crippen molar-refractivity contribution in [1.29, 1.82) is 0 Å². The van der Waals surface area contributed by atoms with E-state index in [4.69, 9.17) is 21.1 Å². The molecule has 1 amide bonds. The second-order valence-corrected chi connectivity index (χ2v) is 5.25. The minimum absolute atomic E-state index is 0.187. The van der Waals surface area contributed by atoms with Gasteiger partial charge < -0.3 is 19.3 Å². The van der Waals surface area contributed by atoms with E-state index in [1.807, 2.05) is 4.90 Å². The minimum atomic E-state index is -0.919. The number of halogens is 1. The summed E-state index contributed by atoms with van der Waals surface area (Å²) in [5.74, 6) is -0.436. The molecule has 8 nitrogen and oxygen atoms in total. The molecule has 2 aromatic rings. The average molecular weight is 325 g/mol. The van der Waals surface area contributed by atoms with Crippen molar-refractivity contribution < 1.29 is 14.3 Å². The van der Waals surface area contributed by atoms with Gasteiger partial charge in [-0.2, -0.15) is 0 Å². The van der Waals surface area contributed by atoms with Crippen molar-refractivity contribution in [2.24, 2.45) is 0 Å². The van der Waals surface area contributed by atoms with Crippen LogP contribution in [0, 0.1) is 0 Å². The highest BCUT2D eigenvalue weighted by Crippen LogP contribution is 2.31. The summed E-state index contributed by atoms with van der Waals surface area (Å²) in [7, 11) is 0. The highest BCUT2D eigenvalue weighted by molar-refractivity contribution is 6.33. The largest absolute Gasteiger partial charge is 0.465 e. The van der Waals surface area contributed by atoms with Gasteiger partial charge in [0.2, 0.25) is 5.89 Å². The summed E-state index contributed by atoms with van der Waals surface area (Å²) >= 11 is 6.23. The van der Waals surface area contributed by atoms with Crippen LogP contribution in [-0.4, -0.2) is 52.5 Å². The molecule has 116 valence electrons.